The molecule has 0 spiro atoms. The molecule has 0 saturated carbocycles. The summed E-state index contributed by atoms with van der Waals surface area (Å²) in [5.74, 6) is 0. The summed E-state index contributed by atoms with van der Waals surface area (Å²) in [4.78, 5) is 0. The number of hydrogen-bond acceptors (Lipinski definition) is 3. The molecule has 0 fully saturated rings. The molecule has 0 aromatic carbocycles. The molecule has 0 amide bonds. The van der Waals surface area contributed by atoms with Gasteiger partial charge in [0, 0.05) is 10.7 Å². The average molecular weight is 158 g/mol. The highest BCUT2D eigenvalue weighted by atomic mass is 35.7. The van der Waals surface area contributed by atoms with Crippen molar-refractivity contribution in [3.8, 4) is 0 Å². The second-order valence-electron chi connectivity index (χ2n) is 0.595. The Balaban J connectivity index is 4.44. The molecule has 0 aromatic rings. The van der Waals surface area contributed by atoms with Gasteiger partial charge in [-0.25, -0.2) is 0 Å². The van der Waals surface area contributed by atoms with Crippen LogP contribution in [0.2, 0.25) is 0 Å². The van der Waals surface area contributed by atoms with E-state index in [2.05, 4.69) is 27.3 Å². The zero-order valence-electron chi connectivity index (χ0n) is 2.96. The minimum atomic E-state index is -3.79. The van der Waals surface area contributed by atoms with Crippen LogP contribution in [0.4, 0.5) is 0 Å². The van der Waals surface area contributed by atoms with E-state index in [0.717, 1.165) is 0 Å². The number of thiocarbonyl (C=S) groups is 1. The van der Waals surface area contributed by atoms with E-state index in [1.54, 1.807) is 5.16 Å². The van der Waals surface area contributed by atoms with Crippen molar-refractivity contribution in [1.29, 1.82) is 0 Å². The van der Waals surface area contributed by atoms with E-state index < -0.39 is 9.24 Å². The van der Waals surface area contributed by atoms with Crippen LogP contribution in [0.3, 0.4) is 0 Å². The first-order chi connectivity index (χ1) is 3.06. The number of rotatable bonds is 1. The lowest BCUT2D eigenvalue weighted by molar-refractivity contribution is 0.611. The molecule has 40 valence electrons. The minimum absolute atomic E-state index is 1.60. The Bertz CT molecular complexity index is 188. The highest BCUT2D eigenvalue weighted by Crippen LogP contribution is 1.93. The zero-order chi connectivity index (χ0) is 5.91. The van der Waals surface area contributed by atoms with Crippen molar-refractivity contribution in [2.45, 2.75) is 0 Å². The molecule has 0 aliphatic rings. The molecule has 6 heteroatoms. The summed E-state index contributed by atoms with van der Waals surface area (Å²) in [7, 11) is 0.717. The summed E-state index contributed by atoms with van der Waals surface area (Å²) < 4.78 is 22.0. The Labute approximate surface area is 50.6 Å². The average Bonchev–Trinajstić information content (AvgIpc) is 1.30. The Morgan fingerprint density at radius 1 is 1.71 bits per heavy atom. The van der Waals surface area contributed by atoms with Gasteiger partial charge in [-0.1, -0.05) is 4.40 Å². The van der Waals surface area contributed by atoms with Gasteiger partial charge in [0.15, 0.2) is 0 Å². The predicted molar refractivity (Wildman–Crippen MR) is 29.8 cm³/mol. The van der Waals surface area contributed by atoms with Gasteiger partial charge in [0.05, 0.1) is 5.16 Å². The molecule has 0 N–H and O–H groups in total. The molecule has 0 unspecified atom stereocenters. The van der Waals surface area contributed by atoms with E-state index in [9.17, 15) is 8.42 Å². The van der Waals surface area contributed by atoms with E-state index in [4.69, 9.17) is 0 Å². The smallest absolute Gasteiger partial charge is 0.186 e. The molecule has 0 saturated heterocycles. The SMILES string of the molecule is O=S(=O)(Cl)N=C=S. The molecular weight excluding hydrogens is 158 g/mol. The molecule has 0 heterocycles. The lowest BCUT2D eigenvalue weighted by atomic mass is 11.8. The van der Waals surface area contributed by atoms with Crippen LogP contribution in [-0.2, 0) is 9.24 Å². The topological polar surface area (TPSA) is 46.5 Å². The monoisotopic (exact) mass is 157 g/mol. The number of halogens is 1. The summed E-state index contributed by atoms with van der Waals surface area (Å²) in [6, 6.07) is 0. The van der Waals surface area contributed by atoms with Gasteiger partial charge in [-0.05, 0) is 12.2 Å². The van der Waals surface area contributed by atoms with Gasteiger partial charge in [-0.15, -0.1) is 0 Å². The summed E-state index contributed by atoms with van der Waals surface area (Å²) >= 11 is 3.92. The second-order valence-corrected chi connectivity index (χ2v) is 2.95. The third kappa shape index (κ3) is 6.04. The summed E-state index contributed by atoms with van der Waals surface area (Å²) in [5, 5.41) is 1.60. The summed E-state index contributed by atoms with van der Waals surface area (Å²) in [6.45, 7) is 0. The van der Waals surface area contributed by atoms with E-state index in [0.29, 0.717) is 0 Å². The summed E-state index contributed by atoms with van der Waals surface area (Å²) in [6.07, 6.45) is 0. The van der Waals surface area contributed by atoms with E-state index in [-0.39, 0.29) is 0 Å². The third-order valence-electron chi connectivity index (χ3n) is 0.146. The first-order valence-electron chi connectivity index (χ1n) is 1.10. The minimum Gasteiger partial charge on any atom is -0.186 e. The van der Waals surface area contributed by atoms with E-state index >= 15 is 0 Å². The maximum atomic E-state index is 9.70. The van der Waals surface area contributed by atoms with Gasteiger partial charge in [0.2, 0.25) is 0 Å². The fourth-order valence-electron chi connectivity index (χ4n) is 0.0445. The van der Waals surface area contributed by atoms with Crippen LogP contribution >= 0.6 is 22.9 Å². The maximum Gasteiger partial charge on any atom is 0.348 e. The van der Waals surface area contributed by atoms with Crippen molar-refractivity contribution >= 4 is 37.3 Å². The van der Waals surface area contributed by atoms with Crippen LogP contribution in [0.5, 0.6) is 0 Å². The second kappa shape index (κ2) is 2.37. The Morgan fingerprint density at radius 2 is 2.14 bits per heavy atom. The van der Waals surface area contributed by atoms with Gasteiger partial charge < -0.3 is 0 Å². The molecule has 0 aliphatic carbocycles. The third-order valence-corrected chi connectivity index (χ3v) is 0.870. The molecule has 0 aromatic heterocycles. The standard InChI is InChI=1S/CClNO2S2/c2-7(4,5)3-1-6. The van der Waals surface area contributed by atoms with Crippen LogP contribution in [-0.4, -0.2) is 13.6 Å². The van der Waals surface area contributed by atoms with Crippen LogP contribution in [0.1, 0.15) is 0 Å². The van der Waals surface area contributed by atoms with Gasteiger partial charge in [-0.3, -0.25) is 0 Å². The molecule has 0 rings (SSSR count). The van der Waals surface area contributed by atoms with Crippen molar-refractivity contribution in [2.75, 3.05) is 0 Å². The van der Waals surface area contributed by atoms with Crippen molar-refractivity contribution < 1.29 is 8.42 Å². The number of isothiocyanates is 1. The Hall–Kier alpha value is 0.0400. The van der Waals surface area contributed by atoms with Gasteiger partial charge in [0.25, 0.3) is 0 Å². The molecule has 0 aliphatic heterocycles. The molecular formula is CClNO2S2. The Kier molecular flexibility index (Phi) is 2.39. The highest BCUT2D eigenvalue weighted by Gasteiger charge is 1.94. The van der Waals surface area contributed by atoms with Crippen molar-refractivity contribution in [2.24, 2.45) is 4.40 Å². The molecule has 0 radical (unpaired) electrons. The van der Waals surface area contributed by atoms with Crippen LogP contribution in [0.15, 0.2) is 4.40 Å². The van der Waals surface area contributed by atoms with Crippen LogP contribution < -0.4 is 0 Å². The van der Waals surface area contributed by atoms with Crippen LogP contribution in [0.25, 0.3) is 0 Å². The summed E-state index contributed by atoms with van der Waals surface area (Å²) in [5.41, 5.74) is 0. The van der Waals surface area contributed by atoms with Crippen molar-refractivity contribution in [3.05, 3.63) is 0 Å². The first-order valence-corrected chi connectivity index (χ1v) is 3.77. The number of hydrogen-bond donors (Lipinski definition) is 0. The fourth-order valence-corrected chi connectivity index (χ4v) is 0.654. The van der Waals surface area contributed by atoms with Crippen molar-refractivity contribution in [1.82, 2.24) is 0 Å². The molecule has 7 heavy (non-hydrogen) atoms. The van der Waals surface area contributed by atoms with E-state index in [1.807, 2.05) is 0 Å². The molecule has 3 nitrogen and oxygen atoms in total. The molecule has 0 atom stereocenters. The van der Waals surface area contributed by atoms with E-state index in [1.165, 1.54) is 0 Å². The van der Waals surface area contributed by atoms with Gasteiger partial charge in [0.1, 0.15) is 0 Å². The fraction of sp³-hybridized carbons (Fsp3) is 0. The predicted octanol–water partition coefficient (Wildman–Crippen LogP) is 0.573. The maximum absolute atomic E-state index is 9.70. The highest BCUT2D eigenvalue weighted by molar-refractivity contribution is 8.13. The quantitative estimate of drug-likeness (QED) is 0.318. The Morgan fingerprint density at radius 3 is 2.14 bits per heavy atom. The lowest BCUT2D eigenvalue weighted by Crippen LogP contribution is -1.76. The van der Waals surface area contributed by atoms with Gasteiger partial charge >= 0.3 is 9.24 Å². The molecule has 0 bridgehead atoms. The number of nitrogens with zero attached hydrogens (tertiary/aromatic N) is 1. The largest absolute Gasteiger partial charge is 0.348 e. The first kappa shape index (κ1) is 7.04. The van der Waals surface area contributed by atoms with Gasteiger partial charge in [-0.2, -0.15) is 8.42 Å². The van der Waals surface area contributed by atoms with Crippen molar-refractivity contribution in [3.63, 3.8) is 0 Å². The van der Waals surface area contributed by atoms with Crippen LogP contribution in [0, 0.1) is 0 Å². The zero-order valence-corrected chi connectivity index (χ0v) is 5.35. The lowest BCUT2D eigenvalue weighted by Gasteiger charge is -1.69. The normalized spacial score (nSPS) is 9.86.